The summed E-state index contributed by atoms with van der Waals surface area (Å²) < 4.78 is 7.24. The fourth-order valence-electron chi connectivity index (χ4n) is 2.05. The summed E-state index contributed by atoms with van der Waals surface area (Å²) in [6, 6.07) is 9.74. The van der Waals surface area contributed by atoms with Gasteiger partial charge in [-0.1, -0.05) is 29.8 Å². The summed E-state index contributed by atoms with van der Waals surface area (Å²) in [5.41, 5.74) is 6.96. The van der Waals surface area contributed by atoms with Crippen LogP contribution in [0, 0.1) is 0 Å². The number of rotatable bonds is 5. The Morgan fingerprint density at radius 1 is 1.35 bits per heavy atom. The second kappa shape index (κ2) is 7.09. The van der Waals surface area contributed by atoms with Gasteiger partial charge in [-0.2, -0.15) is 0 Å². The molecule has 0 amide bonds. The minimum atomic E-state index is -0.00567. The second-order valence-corrected chi connectivity index (χ2v) is 6.51. The van der Waals surface area contributed by atoms with Crippen molar-refractivity contribution in [2.24, 2.45) is 5.73 Å². The maximum atomic E-state index is 6.20. The first-order chi connectivity index (χ1) is 9.52. The van der Waals surface area contributed by atoms with E-state index in [1.165, 1.54) is 0 Å². The maximum absolute atomic E-state index is 6.20. The molecule has 0 aliphatic carbocycles. The highest BCUT2D eigenvalue weighted by atomic mass is 79.9. The predicted octanol–water partition coefficient (Wildman–Crippen LogP) is 4.59. The molecule has 0 radical (unpaired) electrons. The van der Waals surface area contributed by atoms with Gasteiger partial charge in [0.2, 0.25) is 0 Å². The molecule has 6 heteroatoms. The van der Waals surface area contributed by atoms with E-state index < -0.39 is 0 Å². The largest absolute Gasteiger partial charge is 0.451 e. The number of furan rings is 1. The van der Waals surface area contributed by atoms with Crippen molar-refractivity contribution in [1.29, 1.82) is 0 Å². The van der Waals surface area contributed by atoms with Gasteiger partial charge in [-0.3, -0.25) is 4.90 Å². The topological polar surface area (TPSA) is 42.4 Å². The summed E-state index contributed by atoms with van der Waals surface area (Å²) in [6.07, 6.45) is 0. The number of benzene rings is 1. The number of halogens is 3. The van der Waals surface area contributed by atoms with Crippen molar-refractivity contribution in [2.45, 2.75) is 12.6 Å². The van der Waals surface area contributed by atoms with Gasteiger partial charge in [-0.25, -0.2) is 0 Å². The quantitative estimate of drug-likeness (QED) is 0.766. The van der Waals surface area contributed by atoms with Gasteiger partial charge in [-0.05, 0) is 56.6 Å². The number of hydrogen-bond acceptors (Lipinski definition) is 3. The summed E-state index contributed by atoms with van der Waals surface area (Å²) in [7, 11) is 2.01. The fourth-order valence-corrected chi connectivity index (χ4v) is 2.85. The van der Waals surface area contributed by atoms with Crippen LogP contribution in [-0.4, -0.2) is 18.5 Å². The molecule has 2 N–H and O–H groups in total. The van der Waals surface area contributed by atoms with E-state index in [1.54, 1.807) is 0 Å². The lowest BCUT2D eigenvalue weighted by Crippen LogP contribution is -2.30. The van der Waals surface area contributed by atoms with E-state index in [0.717, 1.165) is 20.8 Å². The smallest absolute Gasteiger partial charge is 0.183 e. The highest BCUT2D eigenvalue weighted by Gasteiger charge is 2.21. The lowest BCUT2D eigenvalue weighted by Gasteiger charge is -2.25. The van der Waals surface area contributed by atoms with E-state index in [9.17, 15) is 0 Å². The summed E-state index contributed by atoms with van der Waals surface area (Å²) in [5, 5.41) is 0.761. The number of likely N-dealkylation sites (N-methyl/N-ethyl adjacent to an activating group) is 1. The van der Waals surface area contributed by atoms with Gasteiger partial charge in [-0.15, -0.1) is 0 Å². The Bertz CT molecular complexity index is 569. The lowest BCUT2D eigenvalue weighted by molar-refractivity contribution is 0.211. The summed E-state index contributed by atoms with van der Waals surface area (Å²) >= 11 is 13.0. The van der Waals surface area contributed by atoms with E-state index in [2.05, 4.69) is 36.8 Å². The zero-order valence-corrected chi connectivity index (χ0v) is 14.9. The average Bonchev–Trinajstić information content (AvgIpc) is 2.73. The van der Waals surface area contributed by atoms with Crippen molar-refractivity contribution in [3.63, 3.8) is 0 Å². The van der Waals surface area contributed by atoms with Gasteiger partial charge in [0.1, 0.15) is 5.76 Å². The van der Waals surface area contributed by atoms with Crippen LogP contribution < -0.4 is 5.73 Å². The van der Waals surface area contributed by atoms with Crippen LogP contribution in [0.4, 0.5) is 0 Å². The van der Waals surface area contributed by atoms with Crippen LogP contribution in [0.1, 0.15) is 17.4 Å². The van der Waals surface area contributed by atoms with Crippen LogP contribution in [0.5, 0.6) is 0 Å². The zero-order chi connectivity index (χ0) is 14.7. The monoisotopic (exact) mass is 420 g/mol. The molecule has 0 saturated carbocycles. The Morgan fingerprint density at radius 2 is 2.05 bits per heavy atom. The molecule has 1 aromatic heterocycles. The first-order valence-electron chi connectivity index (χ1n) is 6.11. The van der Waals surface area contributed by atoms with E-state index in [4.69, 9.17) is 21.8 Å². The molecule has 1 atom stereocenters. The lowest BCUT2D eigenvalue weighted by atomic mass is 10.1. The molecule has 0 aliphatic rings. The van der Waals surface area contributed by atoms with Crippen LogP contribution in [-0.2, 0) is 6.54 Å². The average molecular weight is 423 g/mol. The maximum Gasteiger partial charge on any atom is 0.183 e. The van der Waals surface area contributed by atoms with Crippen molar-refractivity contribution in [3.05, 3.63) is 55.8 Å². The van der Waals surface area contributed by atoms with Crippen molar-refractivity contribution >= 4 is 43.5 Å². The molecule has 0 spiro atoms. The van der Waals surface area contributed by atoms with Crippen molar-refractivity contribution in [1.82, 2.24) is 4.90 Å². The Hall–Kier alpha value is -0.330. The SMILES string of the molecule is CN(Cc1ccccc1Cl)C(CN)c1cc(Br)c(Br)o1. The molecule has 0 aliphatic heterocycles. The molecular weight excluding hydrogens is 407 g/mol. The Balaban J connectivity index is 2.17. The summed E-state index contributed by atoms with van der Waals surface area (Å²) in [4.78, 5) is 2.12. The number of hydrogen-bond donors (Lipinski definition) is 1. The molecular formula is C14H15Br2ClN2O. The van der Waals surface area contributed by atoms with Gasteiger partial charge >= 0.3 is 0 Å². The highest BCUT2D eigenvalue weighted by Crippen LogP contribution is 2.32. The third-order valence-corrected chi connectivity index (χ3v) is 5.20. The van der Waals surface area contributed by atoms with Crippen LogP contribution in [0.15, 0.2) is 43.9 Å². The van der Waals surface area contributed by atoms with Crippen LogP contribution in [0.3, 0.4) is 0 Å². The molecule has 108 valence electrons. The van der Waals surface area contributed by atoms with Gasteiger partial charge in [0.15, 0.2) is 4.67 Å². The van der Waals surface area contributed by atoms with Gasteiger partial charge in [0.05, 0.1) is 10.5 Å². The van der Waals surface area contributed by atoms with Crippen LogP contribution >= 0.6 is 43.5 Å². The molecule has 20 heavy (non-hydrogen) atoms. The normalized spacial score (nSPS) is 12.9. The first-order valence-corrected chi connectivity index (χ1v) is 8.07. The van der Waals surface area contributed by atoms with Gasteiger partial charge < -0.3 is 10.2 Å². The van der Waals surface area contributed by atoms with E-state index in [-0.39, 0.29) is 6.04 Å². The van der Waals surface area contributed by atoms with Crippen LogP contribution in [0.2, 0.25) is 5.02 Å². The molecule has 0 saturated heterocycles. The zero-order valence-electron chi connectivity index (χ0n) is 10.9. The molecule has 3 nitrogen and oxygen atoms in total. The summed E-state index contributed by atoms with van der Waals surface area (Å²) in [5.74, 6) is 0.820. The van der Waals surface area contributed by atoms with Crippen molar-refractivity contribution in [3.8, 4) is 0 Å². The third kappa shape index (κ3) is 3.65. The summed E-state index contributed by atoms with van der Waals surface area (Å²) in [6.45, 7) is 1.17. The molecule has 0 fully saturated rings. The second-order valence-electron chi connectivity index (χ2n) is 4.53. The molecule has 2 rings (SSSR count). The van der Waals surface area contributed by atoms with Crippen molar-refractivity contribution in [2.75, 3.05) is 13.6 Å². The van der Waals surface area contributed by atoms with Crippen molar-refractivity contribution < 1.29 is 4.42 Å². The Morgan fingerprint density at radius 3 is 2.60 bits per heavy atom. The minimum Gasteiger partial charge on any atom is -0.451 e. The van der Waals surface area contributed by atoms with Crippen LogP contribution in [0.25, 0.3) is 0 Å². The molecule has 0 bridgehead atoms. The minimum absolute atomic E-state index is 0.00567. The first kappa shape index (κ1) is 16.0. The molecule has 1 heterocycles. The van der Waals surface area contributed by atoms with Gasteiger partial charge in [0.25, 0.3) is 0 Å². The molecule has 2 aromatic rings. The number of nitrogens with two attached hydrogens (primary N) is 1. The predicted molar refractivity (Wildman–Crippen MR) is 88.8 cm³/mol. The fraction of sp³-hybridized carbons (Fsp3) is 0.286. The molecule has 1 unspecified atom stereocenters. The Kier molecular flexibility index (Phi) is 5.69. The standard InChI is InChI=1S/C14H15Br2ClN2O/c1-19(8-9-4-2-3-5-11(9)17)12(7-18)13-6-10(15)14(16)20-13/h2-6,12H,7-8,18H2,1H3. The Labute approximate surface area is 140 Å². The molecule has 1 aromatic carbocycles. The van der Waals surface area contributed by atoms with E-state index in [1.807, 2.05) is 37.4 Å². The third-order valence-electron chi connectivity index (χ3n) is 3.13. The van der Waals surface area contributed by atoms with E-state index >= 15 is 0 Å². The highest BCUT2D eigenvalue weighted by molar-refractivity contribution is 9.13. The van der Waals surface area contributed by atoms with Gasteiger partial charge in [0, 0.05) is 18.1 Å². The number of nitrogens with zero attached hydrogens (tertiary/aromatic N) is 1. The van der Waals surface area contributed by atoms with E-state index in [0.29, 0.717) is 17.8 Å².